The van der Waals surface area contributed by atoms with Crippen molar-refractivity contribution in [2.45, 2.75) is 37.4 Å². The molecule has 0 saturated carbocycles. The van der Waals surface area contributed by atoms with Gasteiger partial charge in [0, 0.05) is 19.1 Å². The number of rotatable bonds is 2. The normalized spacial score (nSPS) is 23.0. The lowest BCUT2D eigenvalue weighted by atomic mass is 9.81. The van der Waals surface area contributed by atoms with Gasteiger partial charge >= 0.3 is 6.18 Å². The van der Waals surface area contributed by atoms with Crippen molar-refractivity contribution >= 4 is 21.6 Å². The van der Waals surface area contributed by atoms with Crippen LogP contribution in [-0.4, -0.2) is 31.9 Å². The van der Waals surface area contributed by atoms with Gasteiger partial charge in [-0.25, -0.2) is 8.42 Å². The minimum atomic E-state index is -4.81. The number of hydrogen-bond donors (Lipinski definition) is 1. The number of nitrogens with two attached hydrogens (primary N) is 1. The predicted octanol–water partition coefficient (Wildman–Crippen LogP) is 3.11. The standard InChI is InChI=1S/C14H18ClF3N2O2S/c1-13(2)8-20(7-6-11(13)19)23(21,22)12-9(14(16,17)18)4-3-5-10(12)15/h3-5,11H,6-8,19H2,1-2H3. The summed E-state index contributed by atoms with van der Waals surface area (Å²) in [5.41, 5.74) is 4.17. The Morgan fingerprint density at radius 3 is 2.48 bits per heavy atom. The number of nitrogens with zero attached hydrogens (tertiary/aromatic N) is 1. The van der Waals surface area contributed by atoms with Crippen molar-refractivity contribution in [3.63, 3.8) is 0 Å². The molecule has 1 aliphatic rings. The van der Waals surface area contributed by atoms with E-state index in [2.05, 4.69) is 0 Å². The first-order chi connectivity index (χ1) is 10.4. The first-order valence-electron chi connectivity index (χ1n) is 6.99. The Bertz CT molecular complexity index is 704. The fourth-order valence-electron chi connectivity index (χ4n) is 2.65. The Morgan fingerprint density at radius 2 is 1.96 bits per heavy atom. The second-order valence-electron chi connectivity index (χ2n) is 6.34. The zero-order valence-electron chi connectivity index (χ0n) is 12.7. The molecule has 0 spiro atoms. The van der Waals surface area contributed by atoms with E-state index in [4.69, 9.17) is 17.3 Å². The van der Waals surface area contributed by atoms with E-state index in [1.807, 2.05) is 0 Å². The summed E-state index contributed by atoms with van der Waals surface area (Å²) in [4.78, 5) is -0.888. The highest BCUT2D eigenvalue weighted by Crippen LogP contribution is 2.40. The molecule has 1 aromatic carbocycles. The maximum absolute atomic E-state index is 13.2. The van der Waals surface area contributed by atoms with Gasteiger partial charge in [0.2, 0.25) is 10.0 Å². The van der Waals surface area contributed by atoms with Crippen molar-refractivity contribution in [3.05, 3.63) is 28.8 Å². The lowest BCUT2D eigenvalue weighted by Gasteiger charge is -2.42. The zero-order valence-corrected chi connectivity index (χ0v) is 14.3. The largest absolute Gasteiger partial charge is 0.417 e. The van der Waals surface area contributed by atoms with Gasteiger partial charge in [-0.1, -0.05) is 31.5 Å². The summed E-state index contributed by atoms with van der Waals surface area (Å²) in [6.45, 7) is 3.68. The summed E-state index contributed by atoms with van der Waals surface area (Å²) >= 11 is 5.81. The molecule has 4 nitrogen and oxygen atoms in total. The van der Waals surface area contributed by atoms with Crippen LogP contribution in [-0.2, 0) is 16.2 Å². The Balaban J connectivity index is 2.54. The van der Waals surface area contributed by atoms with E-state index in [0.29, 0.717) is 6.42 Å². The van der Waals surface area contributed by atoms with Crippen LogP contribution in [0.25, 0.3) is 0 Å². The van der Waals surface area contributed by atoms with Gasteiger partial charge in [-0.05, 0) is 24.0 Å². The highest BCUT2D eigenvalue weighted by molar-refractivity contribution is 7.89. The van der Waals surface area contributed by atoms with Crippen LogP contribution < -0.4 is 5.73 Å². The second kappa shape index (κ2) is 5.91. The van der Waals surface area contributed by atoms with Crippen molar-refractivity contribution in [2.75, 3.05) is 13.1 Å². The maximum Gasteiger partial charge on any atom is 0.417 e. The molecule has 0 bridgehead atoms. The lowest BCUT2D eigenvalue weighted by Crippen LogP contribution is -2.54. The molecule has 0 aromatic heterocycles. The molecule has 23 heavy (non-hydrogen) atoms. The van der Waals surface area contributed by atoms with Crippen LogP contribution in [0, 0.1) is 5.41 Å². The molecule has 2 N–H and O–H groups in total. The monoisotopic (exact) mass is 370 g/mol. The molecular formula is C14H18ClF3N2O2S. The first kappa shape index (κ1) is 18.5. The van der Waals surface area contributed by atoms with E-state index in [1.54, 1.807) is 13.8 Å². The molecular weight excluding hydrogens is 353 g/mol. The van der Waals surface area contributed by atoms with Crippen molar-refractivity contribution in [1.82, 2.24) is 4.31 Å². The van der Waals surface area contributed by atoms with Crippen LogP contribution in [0.1, 0.15) is 25.8 Å². The number of hydrogen-bond acceptors (Lipinski definition) is 3. The van der Waals surface area contributed by atoms with Gasteiger partial charge in [0.05, 0.1) is 10.6 Å². The molecule has 130 valence electrons. The minimum absolute atomic E-state index is 0.0407. The maximum atomic E-state index is 13.2. The SMILES string of the molecule is CC1(C)CN(S(=O)(=O)c2c(Cl)cccc2C(F)(F)F)CCC1N. The predicted molar refractivity (Wildman–Crippen MR) is 81.6 cm³/mol. The lowest BCUT2D eigenvalue weighted by molar-refractivity contribution is -0.139. The number of piperidine rings is 1. The summed E-state index contributed by atoms with van der Waals surface area (Å²) in [6, 6.07) is 2.73. The van der Waals surface area contributed by atoms with Crippen LogP contribution >= 0.6 is 11.6 Å². The van der Waals surface area contributed by atoms with Crippen molar-refractivity contribution < 1.29 is 21.6 Å². The van der Waals surface area contributed by atoms with Gasteiger partial charge in [0.15, 0.2) is 0 Å². The van der Waals surface area contributed by atoms with Crippen molar-refractivity contribution in [1.29, 1.82) is 0 Å². The van der Waals surface area contributed by atoms with E-state index >= 15 is 0 Å². The average molecular weight is 371 g/mol. The van der Waals surface area contributed by atoms with Gasteiger partial charge in [0.25, 0.3) is 0 Å². The number of sulfonamides is 1. The highest BCUT2D eigenvalue weighted by atomic mass is 35.5. The molecule has 1 aliphatic heterocycles. The van der Waals surface area contributed by atoms with E-state index in [-0.39, 0.29) is 19.1 Å². The smallest absolute Gasteiger partial charge is 0.327 e. The topological polar surface area (TPSA) is 63.4 Å². The number of benzene rings is 1. The Morgan fingerprint density at radius 1 is 1.35 bits per heavy atom. The van der Waals surface area contributed by atoms with Crippen LogP contribution in [0.2, 0.25) is 5.02 Å². The van der Waals surface area contributed by atoms with E-state index in [1.165, 1.54) is 0 Å². The summed E-state index contributed by atoms with van der Waals surface area (Å²) in [6.07, 6.45) is -4.44. The van der Waals surface area contributed by atoms with Crippen LogP contribution in [0.15, 0.2) is 23.1 Å². The molecule has 1 unspecified atom stereocenters. The minimum Gasteiger partial charge on any atom is -0.327 e. The quantitative estimate of drug-likeness (QED) is 0.870. The summed E-state index contributed by atoms with van der Waals surface area (Å²) in [5.74, 6) is 0. The third-order valence-electron chi connectivity index (χ3n) is 4.15. The molecule has 1 fully saturated rings. The molecule has 1 heterocycles. The van der Waals surface area contributed by atoms with Gasteiger partial charge in [0.1, 0.15) is 4.90 Å². The molecule has 1 atom stereocenters. The molecule has 9 heteroatoms. The zero-order chi connectivity index (χ0) is 17.6. The second-order valence-corrected chi connectivity index (χ2v) is 8.62. The van der Waals surface area contributed by atoms with Gasteiger partial charge in [-0.3, -0.25) is 0 Å². The van der Waals surface area contributed by atoms with Gasteiger partial charge < -0.3 is 5.73 Å². The Hall–Kier alpha value is -0.830. The van der Waals surface area contributed by atoms with Crippen molar-refractivity contribution in [3.8, 4) is 0 Å². The van der Waals surface area contributed by atoms with E-state index < -0.39 is 37.1 Å². The molecule has 2 rings (SSSR count). The molecule has 0 aliphatic carbocycles. The molecule has 0 radical (unpaired) electrons. The number of halogens is 4. The summed E-state index contributed by atoms with van der Waals surface area (Å²) in [5, 5.41) is -0.437. The average Bonchev–Trinajstić information content (AvgIpc) is 2.40. The van der Waals surface area contributed by atoms with Gasteiger partial charge in [-0.15, -0.1) is 0 Å². The Labute approximate surface area is 138 Å². The fourth-order valence-corrected chi connectivity index (χ4v) is 5.00. The molecule has 0 amide bonds. The van der Waals surface area contributed by atoms with Crippen LogP contribution in [0.5, 0.6) is 0 Å². The van der Waals surface area contributed by atoms with E-state index in [0.717, 1.165) is 22.5 Å². The molecule has 1 saturated heterocycles. The third kappa shape index (κ3) is 3.50. The summed E-state index contributed by atoms with van der Waals surface area (Å²) < 4.78 is 66.1. The van der Waals surface area contributed by atoms with Crippen molar-refractivity contribution in [2.24, 2.45) is 11.1 Å². The van der Waals surface area contributed by atoms with Gasteiger partial charge in [-0.2, -0.15) is 17.5 Å². The number of alkyl halides is 3. The highest BCUT2D eigenvalue weighted by Gasteiger charge is 2.44. The van der Waals surface area contributed by atoms with Crippen LogP contribution in [0.3, 0.4) is 0 Å². The Kier molecular flexibility index (Phi) is 4.76. The molecule has 1 aromatic rings. The fraction of sp³-hybridized carbons (Fsp3) is 0.571. The van der Waals surface area contributed by atoms with Crippen LogP contribution in [0.4, 0.5) is 13.2 Å². The summed E-state index contributed by atoms with van der Waals surface area (Å²) in [7, 11) is -4.38. The first-order valence-corrected chi connectivity index (χ1v) is 8.80. The van der Waals surface area contributed by atoms with E-state index in [9.17, 15) is 21.6 Å². The third-order valence-corrected chi connectivity index (χ3v) is 6.52.